The summed E-state index contributed by atoms with van der Waals surface area (Å²) < 4.78 is 0. The van der Waals surface area contributed by atoms with Crippen LogP contribution >= 0.6 is 0 Å². The second-order valence-electron chi connectivity index (χ2n) is 2.95. The van der Waals surface area contributed by atoms with Gasteiger partial charge in [-0.15, -0.1) is 5.48 Å². The molecule has 1 atom stereocenters. The van der Waals surface area contributed by atoms with Crippen LogP contribution in [0.25, 0.3) is 0 Å². The number of hydroxylamine groups is 1. The van der Waals surface area contributed by atoms with E-state index in [0.29, 0.717) is 0 Å². The van der Waals surface area contributed by atoms with Crippen LogP contribution in [0, 0.1) is 0 Å². The third-order valence-corrected chi connectivity index (χ3v) is 2.23. The first-order chi connectivity index (χ1) is 6.37. The summed E-state index contributed by atoms with van der Waals surface area (Å²) in [6.07, 6.45) is 3.59. The van der Waals surface area contributed by atoms with Gasteiger partial charge < -0.3 is 4.84 Å². The maximum absolute atomic E-state index is 5.01. The topological polar surface area (TPSA) is 33.3 Å². The van der Waals surface area contributed by atoms with E-state index >= 15 is 0 Å². The van der Waals surface area contributed by atoms with E-state index in [2.05, 4.69) is 10.8 Å². The molecular formula is C10H12N2O. The van der Waals surface area contributed by atoms with Crippen LogP contribution in [0.15, 0.2) is 42.7 Å². The highest BCUT2D eigenvalue weighted by Gasteiger charge is 2.30. The van der Waals surface area contributed by atoms with E-state index < -0.39 is 0 Å². The van der Waals surface area contributed by atoms with E-state index in [-0.39, 0.29) is 5.66 Å². The van der Waals surface area contributed by atoms with Gasteiger partial charge in [0.25, 0.3) is 0 Å². The first-order valence-electron chi connectivity index (χ1n) is 4.22. The monoisotopic (exact) mass is 176 g/mol. The van der Waals surface area contributed by atoms with Crippen LogP contribution in [-0.4, -0.2) is 7.05 Å². The van der Waals surface area contributed by atoms with Crippen LogP contribution in [-0.2, 0) is 10.5 Å². The molecule has 0 saturated carbocycles. The predicted molar refractivity (Wildman–Crippen MR) is 50.5 cm³/mol. The summed E-state index contributed by atoms with van der Waals surface area (Å²) in [6, 6.07) is 10.1. The van der Waals surface area contributed by atoms with Crippen LogP contribution in [0.4, 0.5) is 0 Å². The molecule has 68 valence electrons. The van der Waals surface area contributed by atoms with Crippen molar-refractivity contribution in [1.82, 2.24) is 10.8 Å². The second kappa shape index (κ2) is 3.20. The molecule has 1 aromatic rings. The van der Waals surface area contributed by atoms with E-state index in [4.69, 9.17) is 4.84 Å². The minimum absolute atomic E-state index is 0.374. The van der Waals surface area contributed by atoms with Crippen molar-refractivity contribution in [1.29, 1.82) is 0 Å². The van der Waals surface area contributed by atoms with Crippen molar-refractivity contribution in [2.75, 3.05) is 7.05 Å². The Morgan fingerprint density at radius 3 is 2.62 bits per heavy atom. The van der Waals surface area contributed by atoms with Crippen molar-refractivity contribution in [3.8, 4) is 0 Å². The highest BCUT2D eigenvalue weighted by Crippen LogP contribution is 2.22. The molecule has 0 fully saturated rings. The molecule has 3 nitrogen and oxygen atoms in total. The average molecular weight is 176 g/mol. The van der Waals surface area contributed by atoms with Crippen LogP contribution in [0.2, 0.25) is 0 Å². The van der Waals surface area contributed by atoms with E-state index in [0.717, 1.165) is 5.56 Å². The quantitative estimate of drug-likeness (QED) is 0.708. The Bertz CT molecular complexity index is 310. The zero-order valence-corrected chi connectivity index (χ0v) is 7.45. The molecule has 0 radical (unpaired) electrons. The van der Waals surface area contributed by atoms with Gasteiger partial charge in [0.1, 0.15) is 6.26 Å². The van der Waals surface area contributed by atoms with Gasteiger partial charge in [-0.3, -0.25) is 5.32 Å². The number of hydrogen-bond donors (Lipinski definition) is 2. The van der Waals surface area contributed by atoms with Crippen molar-refractivity contribution in [2.45, 2.75) is 5.66 Å². The standard InChI is InChI=1S/C10H12N2O/c1-11-10(7-8-13-12-10)9-5-3-2-4-6-9/h2-8,11-12H,1H3. The lowest BCUT2D eigenvalue weighted by molar-refractivity contribution is 0.0842. The van der Waals surface area contributed by atoms with Gasteiger partial charge >= 0.3 is 0 Å². The van der Waals surface area contributed by atoms with Crippen LogP contribution in [0.3, 0.4) is 0 Å². The van der Waals surface area contributed by atoms with E-state index in [1.807, 2.05) is 43.5 Å². The molecule has 0 aromatic heterocycles. The molecule has 0 aliphatic carbocycles. The van der Waals surface area contributed by atoms with Crippen LogP contribution < -0.4 is 10.8 Å². The lowest BCUT2D eigenvalue weighted by atomic mass is 10.0. The summed E-state index contributed by atoms with van der Waals surface area (Å²) >= 11 is 0. The fourth-order valence-corrected chi connectivity index (χ4v) is 1.43. The Labute approximate surface area is 77.4 Å². The van der Waals surface area contributed by atoms with Gasteiger partial charge in [0.15, 0.2) is 5.66 Å². The largest absolute Gasteiger partial charge is 0.414 e. The molecule has 1 heterocycles. The first-order valence-corrected chi connectivity index (χ1v) is 4.22. The summed E-state index contributed by atoms with van der Waals surface area (Å²) in [5.74, 6) is 0. The second-order valence-corrected chi connectivity index (χ2v) is 2.95. The maximum Gasteiger partial charge on any atom is 0.150 e. The van der Waals surface area contributed by atoms with E-state index in [1.54, 1.807) is 6.26 Å². The smallest absolute Gasteiger partial charge is 0.150 e. The van der Waals surface area contributed by atoms with E-state index in [9.17, 15) is 0 Å². The highest BCUT2D eigenvalue weighted by atomic mass is 16.6. The normalized spacial score (nSPS) is 25.9. The molecule has 1 unspecified atom stereocenters. The third kappa shape index (κ3) is 1.32. The molecule has 0 amide bonds. The molecule has 13 heavy (non-hydrogen) atoms. The fourth-order valence-electron chi connectivity index (χ4n) is 1.43. The van der Waals surface area contributed by atoms with Gasteiger partial charge in [-0.2, -0.15) is 0 Å². The summed E-state index contributed by atoms with van der Waals surface area (Å²) in [5.41, 5.74) is 3.67. The summed E-state index contributed by atoms with van der Waals surface area (Å²) in [4.78, 5) is 5.01. The molecule has 1 aliphatic rings. The third-order valence-electron chi connectivity index (χ3n) is 2.23. The first kappa shape index (κ1) is 8.29. The number of benzene rings is 1. The van der Waals surface area contributed by atoms with Gasteiger partial charge in [-0.05, 0) is 18.7 Å². The molecule has 3 heteroatoms. The summed E-state index contributed by atoms with van der Waals surface area (Å²) in [7, 11) is 1.89. The van der Waals surface area contributed by atoms with Gasteiger partial charge in [0.2, 0.25) is 0 Å². The average Bonchev–Trinajstić information content (AvgIpc) is 2.69. The summed E-state index contributed by atoms with van der Waals surface area (Å²) in [6.45, 7) is 0. The molecule has 1 aromatic carbocycles. The predicted octanol–water partition coefficient (Wildman–Crippen LogP) is 1.11. The Morgan fingerprint density at radius 2 is 2.08 bits per heavy atom. The van der Waals surface area contributed by atoms with Gasteiger partial charge in [0, 0.05) is 0 Å². The van der Waals surface area contributed by atoms with Crippen molar-refractivity contribution in [3.63, 3.8) is 0 Å². The van der Waals surface area contributed by atoms with Crippen molar-refractivity contribution >= 4 is 0 Å². The van der Waals surface area contributed by atoms with Gasteiger partial charge in [-0.1, -0.05) is 30.3 Å². The maximum atomic E-state index is 5.01. The minimum atomic E-state index is -0.374. The number of hydrogen-bond acceptors (Lipinski definition) is 3. The Hall–Kier alpha value is -1.32. The van der Waals surface area contributed by atoms with Crippen molar-refractivity contribution in [3.05, 3.63) is 48.2 Å². The zero-order valence-electron chi connectivity index (χ0n) is 7.45. The summed E-state index contributed by atoms with van der Waals surface area (Å²) in [5, 5.41) is 3.17. The lowest BCUT2D eigenvalue weighted by Crippen LogP contribution is -2.47. The molecule has 2 N–H and O–H groups in total. The van der Waals surface area contributed by atoms with Crippen molar-refractivity contribution < 1.29 is 4.84 Å². The molecule has 0 spiro atoms. The number of likely N-dealkylation sites (N-methyl/N-ethyl adjacent to an activating group) is 1. The Balaban J connectivity index is 2.37. The number of rotatable bonds is 2. The fraction of sp³-hybridized carbons (Fsp3) is 0.200. The van der Waals surface area contributed by atoms with Gasteiger partial charge in [0.05, 0.1) is 0 Å². The Morgan fingerprint density at radius 1 is 1.31 bits per heavy atom. The van der Waals surface area contributed by atoms with Gasteiger partial charge in [-0.25, -0.2) is 0 Å². The lowest BCUT2D eigenvalue weighted by Gasteiger charge is -2.25. The zero-order chi connectivity index (χ0) is 9.15. The number of nitrogens with one attached hydrogen (secondary N) is 2. The highest BCUT2D eigenvalue weighted by molar-refractivity contribution is 5.29. The molecule has 0 saturated heterocycles. The molecular weight excluding hydrogens is 164 g/mol. The molecule has 0 bridgehead atoms. The molecule has 2 rings (SSSR count). The van der Waals surface area contributed by atoms with Crippen LogP contribution in [0.5, 0.6) is 0 Å². The molecule has 1 aliphatic heterocycles. The van der Waals surface area contributed by atoms with E-state index in [1.165, 1.54) is 0 Å². The Kier molecular flexibility index (Phi) is 2.04. The SMILES string of the molecule is CNC1(c2ccccc2)C=CON1. The van der Waals surface area contributed by atoms with Crippen LogP contribution in [0.1, 0.15) is 5.56 Å². The minimum Gasteiger partial charge on any atom is -0.414 e. The van der Waals surface area contributed by atoms with Crippen molar-refractivity contribution in [2.24, 2.45) is 0 Å².